The van der Waals surface area contributed by atoms with Crippen LogP contribution in [0.2, 0.25) is 0 Å². The summed E-state index contributed by atoms with van der Waals surface area (Å²) in [6, 6.07) is 7.11. The molecule has 0 aromatic heterocycles. The third-order valence-corrected chi connectivity index (χ3v) is 5.16. The highest BCUT2D eigenvalue weighted by atomic mass is 15.1. The molecule has 0 radical (unpaired) electrons. The molecule has 2 aliphatic heterocycles. The van der Waals surface area contributed by atoms with Gasteiger partial charge in [-0.2, -0.15) is 0 Å². The summed E-state index contributed by atoms with van der Waals surface area (Å²) >= 11 is 0. The maximum atomic E-state index is 3.66. The number of anilines is 1. The van der Waals surface area contributed by atoms with Crippen LogP contribution in [-0.4, -0.2) is 31.6 Å². The van der Waals surface area contributed by atoms with E-state index in [-0.39, 0.29) is 5.41 Å². The maximum absolute atomic E-state index is 3.66. The molecule has 20 heavy (non-hydrogen) atoms. The lowest BCUT2D eigenvalue weighted by atomic mass is 9.80. The highest BCUT2D eigenvalue weighted by Gasteiger charge is 2.32. The number of nitrogens with one attached hydrogen (secondary N) is 1. The first-order chi connectivity index (χ1) is 9.45. The number of fused-ring (bicyclic) bond motifs is 1. The van der Waals surface area contributed by atoms with Gasteiger partial charge in [0.2, 0.25) is 0 Å². The zero-order chi connectivity index (χ0) is 14.3. The number of piperidine rings is 1. The predicted octanol–water partition coefficient (Wildman–Crippen LogP) is 3.84. The SMILES string of the molecule is CN1CCC(C2CNc3cc(C(C)(C)C)ccc32)CC1. The topological polar surface area (TPSA) is 15.3 Å². The Morgan fingerprint density at radius 2 is 1.85 bits per heavy atom. The van der Waals surface area contributed by atoms with E-state index in [0.29, 0.717) is 0 Å². The molecule has 1 fully saturated rings. The van der Waals surface area contributed by atoms with Crippen LogP contribution in [0, 0.1) is 5.92 Å². The summed E-state index contributed by atoms with van der Waals surface area (Å²) < 4.78 is 0. The average Bonchev–Trinajstić information content (AvgIpc) is 2.81. The van der Waals surface area contributed by atoms with Crippen molar-refractivity contribution < 1.29 is 0 Å². The predicted molar refractivity (Wildman–Crippen MR) is 86.6 cm³/mol. The molecule has 2 aliphatic rings. The van der Waals surface area contributed by atoms with E-state index >= 15 is 0 Å². The minimum Gasteiger partial charge on any atom is -0.384 e. The molecule has 0 amide bonds. The fourth-order valence-electron chi connectivity index (χ4n) is 3.68. The summed E-state index contributed by atoms with van der Waals surface area (Å²) in [7, 11) is 2.24. The summed E-state index contributed by atoms with van der Waals surface area (Å²) in [5, 5.41) is 3.66. The molecule has 1 saturated heterocycles. The Bertz CT molecular complexity index is 479. The maximum Gasteiger partial charge on any atom is 0.0379 e. The Hall–Kier alpha value is -1.02. The minimum absolute atomic E-state index is 0.238. The Labute approximate surface area is 123 Å². The van der Waals surface area contributed by atoms with Crippen LogP contribution in [0.1, 0.15) is 50.7 Å². The van der Waals surface area contributed by atoms with Gasteiger partial charge in [-0.15, -0.1) is 0 Å². The van der Waals surface area contributed by atoms with Crippen molar-refractivity contribution >= 4 is 5.69 Å². The van der Waals surface area contributed by atoms with Crippen LogP contribution in [0.3, 0.4) is 0 Å². The van der Waals surface area contributed by atoms with Crippen molar-refractivity contribution in [3.63, 3.8) is 0 Å². The van der Waals surface area contributed by atoms with Gasteiger partial charge in [0.15, 0.2) is 0 Å². The van der Waals surface area contributed by atoms with Crippen LogP contribution in [0.5, 0.6) is 0 Å². The molecule has 1 N–H and O–H groups in total. The molecule has 2 nitrogen and oxygen atoms in total. The molecular weight excluding hydrogens is 244 g/mol. The monoisotopic (exact) mass is 272 g/mol. The van der Waals surface area contributed by atoms with Gasteiger partial charge in [0.25, 0.3) is 0 Å². The quantitative estimate of drug-likeness (QED) is 0.835. The molecule has 0 spiro atoms. The molecule has 2 heteroatoms. The number of hydrogen-bond acceptors (Lipinski definition) is 2. The highest BCUT2D eigenvalue weighted by molar-refractivity contribution is 5.60. The van der Waals surface area contributed by atoms with Gasteiger partial charge in [0, 0.05) is 18.2 Å². The van der Waals surface area contributed by atoms with E-state index in [4.69, 9.17) is 0 Å². The second kappa shape index (κ2) is 5.07. The van der Waals surface area contributed by atoms with E-state index in [2.05, 4.69) is 56.2 Å². The lowest BCUT2D eigenvalue weighted by Gasteiger charge is -2.32. The molecule has 0 aliphatic carbocycles. The lowest BCUT2D eigenvalue weighted by molar-refractivity contribution is 0.202. The highest BCUT2D eigenvalue weighted by Crippen LogP contribution is 2.41. The third-order valence-electron chi connectivity index (χ3n) is 5.16. The van der Waals surface area contributed by atoms with Crippen LogP contribution in [0.25, 0.3) is 0 Å². The zero-order valence-electron chi connectivity index (χ0n) is 13.4. The van der Waals surface area contributed by atoms with Crippen molar-refractivity contribution in [3.05, 3.63) is 29.3 Å². The molecule has 1 unspecified atom stereocenters. The number of likely N-dealkylation sites (tertiary alicyclic amines) is 1. The van der Waals surface area contributed by atoms with E-state index in [1.54, 1.807) is 5.56 Å². The summed E-state index contributed by atoms with van der Waals surface area (Å²) in [5.74, 6) is 1.59. The summed E-state index contributed by atoms with van der Waals surface area (Å²) in [5.41, 5.74) is 4.63. The summed E-state index contributed by atoms with van der Waals surface area (Å²) in [6.45, 7) is 10.5. The molecular formula is C18H28N2. The lowest BCUT2D eigenvalue weighted by Crippen LogP contribution is -2.33. The molecule has 1 aromatic rings. The second-order valence-corrected chi connectivity index (χ2v) is 7.68. The smallest absolute Gasteiger partial charge is 0.0379 e. The number of benzene rings is 1. The fourth-order valence-corrected chi connectivity index (χ4v) is 3.68. The van der Waals surface area contributed by atoms with Crippen molar-refractivity contribution in [3.8, 4) is 0 Å². The molecule has 1 aromatic carbocycles. The van der Waals surface area contributed by atoms with Gasteiger partial charge in [-0.05, 0) is 61.5 Å². The molecule has 0 saturated carbocycles. The Balaban J connectivity index is 1.81. The van der Waals surface area contributed by atoms with Gasteiger partial charge >= 0.3 is 0 Å². The minimum atomic E-state index is 0.238. The van der Waals surface area contributed by atoms with Crippen LogP contribution < -0.4 is 5.32 Å². The largest absolute Gasteiger partial charge is 0.384 e. The van der Waals surface area contributed by atoms with Gasteiger partial charge in [-0.25, -0.2) is 0 Å². The van der Waals surface area contributed by atoms with E-state index < -0.39 is 0 Å². The number of nitrogens with zero attached hydrogens (tertiary/aromatic N) is 1. The van der Waals surface area contributed by atoms with Crippen molar-refractivity contribution in [1.29, 1.82) is 0 Å². The van der Waals surface area contributed by atoms with E-state index in [9.17, 15) is 0 Å². The summed E-state index contributed by atoms with van der Waals surface area (Å²) in [6.07, 6.45) is 2.70. The molecule has 110 valence electrons. The van der Waals surface area contributed by atoms with Crippen LogP contribution in [-0.2, 0) is 5.41 Å². The normalized spacial score (nSPS) is 24.5. The van der Waals surface area contributed by atoms with E-state index in [0.717, 1.165) is 18.4 Å². The summed E-state index contributed by atoms with van der Waals surface area (Å²) in [4.78, 5) is 2.46. The van der Waals surface area contributed by atoms with Gasteiger partial charge in [0.1, 0.15) is 0 Å². The van der Waals surface area contributed by atoms with E-state index in [1.807, 2.05) is 0 Å². The van der Waals surface area contributed by atoms with Gasteiger partial charge in [0.05, 0.1) is 0 Å². The van der Waals surface area contributed by atoms with Crippen LogP contribution in [0.15, 0.2) is 18.2 Å². The van der Waals surface area contributed by atoms with E-state index in [1.165, 1.54) is 37.2 Å². The fraction of sp³-hybridized carbons (Fsp3) is 0.667. The first-order valence-corrected chi connectivity index (χ1v) is 8.02. The van der Waals surface area contributed by atoms with Crippen molar-refractivity contribution in [1.82, 2.24) is 4.90 Å². The number of rotatable bonds is 1. The van der Waals surface area contributed by atoms with Crippen molar-refractivity contribution in [2.24, 2.45) is 5.92 Å². The van der Waals surface area contributed by atoms with Gasteiger partial charge < -0.3 is 10.2 Å². The first kappa shape index (κ1) is 13.9. The molecule has 1 atom stereocenters. The number of hydrogen-bond donors (Lipinski definition) is 1. The Morgan fingerprint density at radius 3 is 2.50 bits per heavy atom. The van der Waals surface area contributed by atoms with Crippen molar-refractivity contribution in [2.45, 2.75) is 44.9 Å². The Morgan fingerprint density at radius 1 is 1.15 bits per heavy atom. The van der Waals surface area contributed by atoms with Gasteiger partial charge in [-0.3, -0.25) is 0 Å². The molecule has 3 rings (SSSR count). The molecule has 0 bridgehead atoms. The standard InChI is InChI=1S/C18H28N2/c1-18(2,3)14-5-6-15-16(12-19-17(15)11-14)13-7-9-20(4)10-8-13/h5-6,11,13,16,19H,7-10,12H2,1-4H3. The Kier molecular flexibility index (Phi) is 3.53. The third kappa shape index (κ3) is 2.58. The van der Waals surface area contributed by atoms with Crippen LogP contribution in [0.4, 0.5) is 5.69 Å². The van der Waals surface area contributed by atoms with Gasteiger partial charge in [-0.1, -0.05) is 32.9 Å². The second-order valence-electron chi connectivity index (χ2n) is 7.68. The zero-order valence-corrected chi connectivity index (χ0v) is 13.4. The van der Waals surface area contributed by atoms with Crippen LogP contribution >= 0.6 is 0 Å². The van der Waals surface area contributed by atoms with Crippen molar-refractivity contribution in [2.75, 3.05) is 32.0 Å². The molecule has 2 heterocycles. The first-order valence-electron chi connectivity index (χ1n) is 8.02. The average molecular weight is 272 g/mol.